The zero-order valence-corrected chi connectivity index (χ0v) is 26.7. The number of carbonyl (C=O) groups excluding carboxylic acids is 1. The third-order valence-electron chi connectivity index (χ3n) is 7.06. The molecule has 0 radical (unpaired) electrons. The van der Waals surface area contributed by atoms with Gasteiger partial charge < -0.3 is 35.2 Å². The topological polar surface area (TPSA) is 175 Å². The van der Waals surface area contributed by atoms with E-state index in [4.69, 9.17) is 9.84 Å². The number of anilines is 4. The number of aryl methyl sites for hydroxylation is 1. The number of aliphatic hydroxyl groups is 1. The van der Waals surface area contributed by atoms with Gasteiger partial charge in [0.25, 0.3) is 5.91 Å². The first-order chi connectivity index (χ1) is 22.3. The summed E-state index contributed by atoms with van der Waals surface area (Å²) in [7, 11) is -3.04. The normalized spacial score (nSPS) is 11.8. The van der Waals surface area contributed by atoms with E-state index in [1.54, 1.807) is 43.1 Å². The average molecular weight is 678 g/mol. The minimum Gasteiger partial charge on any atom is -0.495 e. The number of halogens is 3. The molecule has 4 rings (SSSR count). The molecule has 2 aromatic heterocycles. The number of hydrogen-bond donors (Lipinski definition) is 5. The molecule has 0 bridgehead atoms. The minimum atomic E-state index is -4.85. The summed E-state index contributed by atoms with van der Waals surface area (Å²) in [5, 5.41) is 18.9. The number of alkyl halides is 3. The van der Waals surface area contributed by atoms with Crippen LogP contribution in [-0.4, -0.2) is 72.3 Å². The van der Waals surface area contributed by atoms with Crippen molar-refractivity contribution in [3.63, 3.8) is 0 Å². The number of rotatable bonds is 14. The predicted molar refractivity (Wildman–Crippen MR) is 169 cm³/mol. The van der Waals surface area contributed by atoms with Crippen LogP contribution in [0.5, 0.6) is 5.75 Å². The van der Waals surface area contributed by atoms with Crippen LogP contribution in [0.2, 0.25) is 0 Å². The van der Waals surface area contributed by atoms with E-state index in [1.807, 2.05) is 0 Å². The van der Waals surface area contributed by atoms with Crippen LogP contribution in [0.1, 0.15) is 41.8 Å². The number of nitrogens with one attached hydrogen (secondary N) is 2. The molecule has 4 aromatic rings. The number of carbonyl (C=O) groups is 1. The third kappa shape index (κ3) is 9.07. The van der Waals surface area contributed by atoms with Gasteiger partial charge in [-0.15, -0.1) is 0 Å². The molecular formula is C30H35F3N7O6P. The number of benzene rings is 2. The van der Waals surface area contributed by atoms with Gasteiger partial charge in [0.05, 0.1) is 36.4 Å². The molecule has 252 valence electrons. The van der Waals surface area contributed by atoms with Gasteiger partial charge in [-0.05, 0) is 55.7 Å². The molecule has 0 aliphatic rings. The lowest BCUT2D eigenvalue weighted by Gasteiger charge is -2.22. The number of amides is 1. The monoisotopic (exact) mass is 677 g/mol. The van der Waals surface area contributed by atoms with E-state index in [-0.39, 0.29) is 40.8 Å². The highest BCUT2D eigenvalue weighted by Gasteiger charge is 2.36. The van der Waals surface area contributed by atoms with Crippen LogP contribution in [0.25, 0.3) is 11.1 Å². The Labute approximate surface area is 268 Å². The standard InChI is InChI=1S/C30H35F3N7O6P/c1-4-39(5-2)28(42)22-14-20(21-15-35-40(17-21)11-6-12-41)8-10-24(22)36-27-23(30(31,32)33)16-34-29(38-27)37-25-9-7-19(13-26(25)46-3)18-47(43,44)45/h7-10,13-17,41H,4-6,11-12,18H2,1-3H3,(H2,43,44,45)(H2,34,36,37,38). The number of nitrogens with zero attached hydrogens (tertiary/aromatic N) is 5. The second-order valence-corrected chi connectivity index (χ2v) is 12.0. The van der Waals surface area contributed by atoms with Gasteiger partial charge in [0, 0.05) is 44.2 Å². The summed E-state index contributed by atoms with van der Waals surface area (Å²) in [6.45, 7) is 4.79. The van der Waals surface area contributed by atoms with Crippen LogP contribution in [0, 0.1) is 0 Å². The van der Waals surface area contributed by atoms with Crippen LogP contribution < -0.4 is 15.4 Å². The highest BCUT2D eigenvalue weighted by atomic mass is 31.2. The van der Waals surface area contributed by atoms with Crippen LogP contribution >= 0.6 is 7.60 Å². The summed E-state index contributed by atoms with van der Waals surface area (Å²) < 4.78 is 60.8. The van der Waals surface area contributed by atoms with Crippen molar-refractivity contribution in [1.29, 1.82) is 0 Å². The summed E-state index contributed by atoms with van der Waals surface area (Å²) in [5.41, 5.74) is 0.801. The molecule has 0 unspecified atom stereocenters. The Morgan fingerprint density at radius 1 is 1.04 bits per heavy atom. The molecule has 13 nitrogen and oxygen atoms in total. The number of aromatic nitrogens is 4. The van der Waals surface area contributed by atoms with E-state index in [9.17, 15) is 32.3 Å². The maximum absolute atomic E-state index is 14.2. The number of ether oxygens (including phenoxy) is 1. The molecule has 0 spiro atoms. The van der Waals surface area contributed by atoms with Gasteiger partial charge in [-0.3, -0.25) is 14.0 Å². The van der Waals surface area contributed by atoms with Gasteiger partial charge in [0.15, 0.2) is 0 Å². The van der Waals surface area contributed by atoms with E-state index in [1.165, 1.54) is 36.3 Å². The van der Waals surface area contributed by atoms with Crippen molar-refractivity contribution < 1.29 is 42.2 Å². The van der Waals surface area contributed by atoms with Gasteiger partial charge in [-0.1, -0.05) is 12.1 Å². The lowest BCUT2D eigenvalue weighted by molar-refractivity contribution is -0.137. The maximum Gasteiger partial charge on any atom is 0.421 e. The molecule has 1 amide bonds. The number of methoxy groups -OCH3 is 1. The smallest absolute Gasteiger partial charge is 0.421 e. The van der Waals surface area contributed by atoms with Gasteiger partial charge >= 0.3 is 13.8 Å². The first-order valence-corrected chi connectivity index (χ1v) is 16.3. The molecule has 2 aromatic carbocycles. The molecular weight excluding hydrogens is 642 g/mol. The summed E-state index contributed by atoms with van der Waals surface area (Å²) in [6.07, 6.45) is -0.929. The lowest BCUT2D eigenvalue weighted by Crippen LogP contribution is -2.31. The van der Waals surface area contributed by atoms with E-state index in [0.29, 0.717) is 43.4 Å². The third-order valence-corrected chi connectivity index (χ3v) is 7.84. The first kappa shape index (κ1) is 35.4. The summed E-state index contributed by atoms with van der Waals surface area (Å²) in [4.78, 5) is 41.7. The van der Waals surface area contributed by atoms with Gasteiger partial charge in [-0.2, -0.15) is 23.3 Å². The molecule has 0 saturated carbocycles. The fourth-order valence-corrected chi connectivity index (χ4v) is 5.40. The zero-order chi connectivity index (χ0) is 34.4. The van der Waals surface area contributed by atoms with Crippen molar-refractivity contribution in [1.82, 2.24) is 24.6 Å². The van der Waals surface area contributed by atoms with Crippen molar-refractivity contribution in [2.24, 2.45) is 0 Å². The van der Waals surface area contributed by atoms with Crippen LogP contribution in [0.4, 0.5) is 36.3 Å². The van der Waals surface area contributed by atoms with E-state index in [0.717, 1.165) is 0 Å². The van der Waals surface area contributed by atoms with E-state index < -0.39 is 37.2 Å². The predicted octanol–water partition coefficient (Wildman–Crippen LogP) is 5.40. The Morgan fingerprint density at radius 2 is 1.77 bits per heavy atom. The molecule has 5 N–H and O–H groups in total. The summed E-state index contributed by atoms with van der Waals surface area (Å²) >= 11 is 0. The van der Waals surface area contributed by atoms with Crippen molar-refractivity contribution in [3.8, 4) is 16.9 Å². The molecule has 2 heterocycles. The quantitative estimate of drug-likeness (QED) is 0.108. The maximum atomic E-state index is 14.2. The van der Waals surface area contributed by atoms with Crippen LogP contribution in [-0.2, 0) is 23.4 Å². The molecule has 0 fully saturated rings. The van der Waals surface area contributed by atoms with Gasteiger partial charge in [-0.25, -0.2) is 4.98 Å². The fourth-order valence-electron chi connectivity index (χ4n) is 4.73. The van der Waals surface area contributed by atoms with E-state index in [2.05, 4.69) is 25.7 Å². The Bertz CT molecular complexity index is 1760. The Morgan fingerprint density at radius 3 is 2.40 bits per heavy atom. The first-order valence-electron chi connectivity index (χ1n) is 14.5. The van der Waals surface area contributed by atoms with Gasteiger partial charge in [0.2, 0.25) is 5.95 Å². The largest absolute Gasteiger partial charge is 0.495 e. The molecule has 0 aliphatic heterocycles. The highest BCUT2D eigenvalue weighted by molar-refractivity contribution is 7.50. The van der Waals surface area contributed by atoms with E-state index >= 15 is 0 Å². The molecule has 0 atom stereocenters. The fraction of sp³-hybridized carbons (Fsp3) is 0.333. The van der Waals surface area contributed by atoms with Crippen molar-refractivity contribution >= 4 is 36.6 Å². The highest BCUT2D eigenvalue weighted by Crippen LogP contribution is 2.41. The van der Waals surface area contributed by atoms with Gasteiger partial charge in [0.1, 0.15) is 17.1 Å². The second kappa shape index (κ2) is 14.9. The van der Waals surface area contributed by atoms with Crippen LogP contribution in [0.15, 0.2) is 55.0 Å². The molecule has 0 aliphatic carbocycles. The second-order valence-electron chi connectivity index (χ2n) is 10.4. The summed E-state index contributed by atoms with van der Waals surface area (Å²) in [5.74, 6) is -1.13. The Balaban J connectivity index is 1.74. The minimum absolute atomic E-state index is 0.00250. The van der Waals surface area contributed by atoms with Crippen molar-refractivity contribution in [2.75, 3.05) is 37.4 Å². The number of hydrogen-bond acceptors (Lipinski definition) is 9. The Hall–Kier alpha value is -4.50. The van der Waals surface area contributed by atoms with Crippen molar-refractivity contribution in [3.05, 3.63) is 71.7 Å². The molecule has 0 saturated heterocycles. The lowest BCUT2D eigenvalue weighted by atomic mass is 10.0. The van der Waals surface area contributed by atoms with Crippen LogP contribution in [0.3, 0.4) is 0 Å². The molecule has 47 heavy (non-hydrogen) atoms. The zero-order valence-electron chi connectivity index (χ0n) is 25.8. The molecule has 17 heteroatoms. The average Bonchev–Trinajstić information content (AvgIpc) is 3.49. The Kier molecular flexibility index (Phi) is 11.2. The number of aliphatic hydroxyl groups excluding tert-OH is 1. The van der Waals surface area contributed by atoms with Crippen molar-refractivity contribution in [2.45, 2.75) is 39.2 Å². The summed E-state index contributed by atoms with van der Waals surface area (Å²) in [6, 6.07) is 8.96. The SMILES string of the molecule is CCN(CC)C(=O)c1cc(-c2cnn(CCCO)c2)ccc1Nc1nc(Nc2ccc(CP(=O)(O)O)cc2OC)ncc1C(F)(F)F.